The fourth-order valence-electron chi connectivity index (χ4n) is 5.46. The molecule has 0 aliphatic carbocycles. The molecule has 2 aliphatic rings. The number of ether oxygens (including phenoxy) is 3. The lowest BCUT2D eigenvalue weighted by atomic mass is 9.58. The van der Waals surface area contributed by atoms with Crippen molar-refractivity contribution in [3.8, 4) is 5.75 Å². The largest absolute Gasteiger partial charge is 0.497 e. The predicted molar refractivity (Wildman–Crippen MR) is 133 cm³/mol. The Labute approximate surface area is 211 Å². The normalized spacial score (nSPS) is 27.8. The molecule has 2 heterocycles. The van der Waals surface area contributed by atoms with Crippen LogP contribution >= 0.6 is 0 Å². The lowest BCUT2D eigenvalue weighted by molar-refractivity contribution is -0.483. The number of methoxy groups -OCH3 is 3. The smallest absolute Gasteiger partial charge is 0.325 e. The molecule has 2 fully saturated rings. The van der Waals surface area contributed by atoms with Gasteiger partial charge < -0.3 is 14.2 Å². The van der Waals surface area contributed by atoms with Crippen molar-refractivity contribution in [2.24, 2.45) is 5.41 Å². The maximum absolute atomic E-state index is 13.6. The second-order valence-electron chi connectivity index (χ2n) is 9.39. The van der Waals surface area contributed by atoms with Gasteiger partial charge in [0.1, 0.15) is 17.4 Å². The molecule has 0 N–H and O–H groups in total. The van der Waals surface area contributed by atoms with Gasteiger partial charge in [-0.25, -0.2) is 0 Å². The van der Waals surface area contributed by atoms with Crippen molar-refractivity contribution in [2.75, 3.05) is 21.3 Å². The van der Waals surface area contributed by atoms with Gasteiger partial charge in [-0.2, -0.15) is 0 Å². The molecule has 0 unspecified atom stereocenters. The van der Waals surface area contributed by atoms with Gasteiger partial charge in [-0.3, -0.25) is 19.3 Å². The van der Waals surface area contributed by atoms with Crippen LogP contribution in [0.4, 0.5) is 0 Å². The summed E-state index contributed by atoms with van der Waals surface area (Å²) >= 11 is 0. The molecular weight excluding hydrogens is 462 g/mol. The molecule has 0 amide bonds. The summed E-state index contributed by atoms with van der Waals surface area (Å²) in [7, 11) is 4.16. The molecule has 0 spiro atoms. The zero-order valence-electron chi connectivity index (χ0n) is 21.3. The summed E-state index contributed by atoms with van der Waals surface area (Å²) in [6.45, 7) is 3.74. The van der Waals surface area contributed by atoms with E-state index in [1.54, 1.807) is 14.0 Å². The number of fused-ring (bicyclic) bond motifs is 1. The highest BCUT2D eigenvalue weighted by Crippen LogP contribution is 2.57. The van der Waals surface area contributed by atoms with Gasteiger partial charge in [-0.15, -0.1) is 0 Å². The number of hydroxylamine groups is 2. The molecule has 2 saturated heterocycles. The van der Waals surface area contributed by atoms with Gasteiger partial charge in [0.05, 0.1) is 27.4 Å². The van der Waals surface area contributed by atoms with E-state index in [-0.39, 0.29) is 18.4 Å². The van der Waals surface area contributed by atoms with Crippen molar-refractivity contribution in [3.63, 3.8) is 0 Å². The lowest BCUT2D eigenvalue weighted by Gasteiger charge is -2.59. The minimum Gasteiger partial charge on any atom is -0.497 e. The van der Waals surface area contributed by atoms with Crippen LogP contribution in [-0.2, 0) is 28.7 Å². The minimum absolute atomic E-state index is 0.0209. The Morgan fingerprint density at radius 1 is 0.972 bits per heavy atom. The van der Waals surface area contributed by atoms with Crippen LogP contribution < -0.4 is 4.74 Å². The maximum Gasteiger partial charge on any atom is 0.325 e. The summed E-state index contributed by atoms with van der Waals surface area (Å²) in [5.74, 6) is -1.01. The first-order valence-corrected chi connectivity index (χ1v) is 12.0. The summed E-state index contributed by atoms with van der Waals surface area (Å²) in [6, 6.07) is 17.3. The lowest BCUT2D eigenvalue weighted by Crippen LogP contribution is -2.73. The molecule has 4 rings (SSSR count). The Morgan fingerprint density at radius 3 is 2.19 bits per heavy atom. The second-order valence-corrected chi connectivity index (χ2v) is 9.39. The average molecular weight is 496 g/mol. The molecule has 0 bridgehead atoms. The van der Waals surface area contributed by atoms with E-state index in [4.69, 9.17) is 23.9 Å². The van der Waals surface area contributed by atoms with E-state index in [9.17, 15) is 9.59 Å². The average Bonchev–Trinajstić information content (AvgIpc) is 2.91. The Hall–Kier alpha value is -3.20. The van der Waals surface area contributed by atoms with Crippen LogP contribution in [0, 0.1) is 5.41 Å². The summed E-state index contributed by atoms with van der Waals surface area (Å²) < 4.78 is 15.9. The van der Waals surface area contributed by atoms with E-state index in [0.29, 0.717) is 12.2 Å². The van der Waals surface area contributed by atoms with Gasteiger partial charge >= 0.3 is 11.9 Å². The first-order valence-electron chi connectivity index (χ1n) is 12.0. The van der Waals surface area contributed by atoms with Crippen molar-refractivity contribution >= 4 is 18.0 Å². The van der Waals surface area contributed by atoms with Gasteiger partial charge in [0, 0.05) is 12.3 Å². The number of hydrogen-bond donors (Lipinski definition) is 0. The molecule has 0 radical (unpaired) electrons. The highest BCUT2D eigenvalue weighted by molar-refractivity contribution is 6.02. The van der Waals surface area contributed by atoms with Crippen molar-refractivity contribution in [3.05, 3.63) is 71.8 Å². The third-order valence-corrected chi connectivity index (χ3v) is 7.39. The van der Waals surface area contributed by atoms with Crippen LogP contribution in [0.1, 0.15) is 43.7 Å². The summed E-state index contributed by atoms with van der Waals surface area (Å²) in [5, 5.41) is 1.34. The van der Waals surface area contributed by atoms with Crippen molar-refractivity contribution in [1.29, 1.82) is 0 Å². The topological polar surface area (TPSA) is 83.5 Å². The zero-order chi connectivity index (χ0) is 25.9. The summed E-state index contributed by atoms with van der Waals surface area (Å²) in [6.07, 6.45) is 3.38. The predicted octanol–water partition coefficient (Wildman–Crippen LogP) is 4.31. The van der Waals surface area contributed by atoms with Crippen LogP contribution in [0.2, 0.25) is 0 Å². The standard InChI is InChI=1S/C28H33NO7/c1-19-17-24(21-12-15-22(32-3)16-13-21)27(2)28(25(30)33-4,26(31)34-5)18-23(36-29(27)35-19)14-11-20-9-7-6-8-10-20/h6-16,19,23-24H,17-18H2,1-5H3/b14-11+/t19-,23-,24+,27-/m1/s1. The monoisotopic (exact) mass is 495 g/mol. The van der Waals surface area contributed by atoms with Crippen LogP contribution in [0.3, 0.4) is 0 Å². The number of rotatable bonds is 6. The summed E-state index contributed by atoms with van der Waals surface area (Å²) in [4.78, 5) is 39.7. The van der Waals surface area contributed by atoms with Crippen molar-refractivity contribution in [2.45, 2.75) is 50.4 Å². The molecule has 2 aliphatic heterocycles. The van der Waals surface area contributed by atoms with Gasteiger partial charge in [-0.05, 0) is 43.5 Å². The van der Waals surface area contributed by atoms with Gasteiger partial charge in [0.15, 0.2) is 5.41 Å². The third kappa shape index (κ3) is 4.30. The molecule has 2 aromatic rings. The van der Waals surface area contributed by atoms with Crippen LogP contribution in [-0.4, -0.2) is 56.2 Å². The number of nitrogens with zero attached hydrogens (tertiary/aromatic N) is 1. The maximum atomic E-state index is 13.6. The van der Waals surface area contributed by atoms with Crippen molar-refractivity contribution < 1.29 is 33.5 Å². The minimum atomic E-state index is -1.73. The van der Waals surface area contributed by atoms with Crippen LogP contribution in [0.25, 0.3) is 6.08 Å². The number of esters is 2. The highest BCUT2D eigenvalue weighted by atomic mass is 17.0. The first kappa shape index (κ1) is 25.9. The van der Waals surface area contributed by atoms with E-state index < -0.39 is 29.0 Å². The molecule has 0 aromatic heterocycles. The third-order valence-electron chi connectivity index (χ3n) is 7.39. The fourth-order valence-corrected chi connectivity index (χ4v) is 5.46. The van der Waals surface area contributed by atoms with Crippen LogP contribution in [0.15, 0.2) is 60.7 Å². The summed E-state index contributed by atoms with van der Waals surface area (Å²) in [5.41, 5.74) is -1.13. The van der Waals surface area contributed by atoms with Gasteiger partial charge in [0.25, 0.3) is 0 Å². The van der Waals surface area contributed by atoms with E-state index in [1.165, 1.54) is 19.4 Å². The molecule has 4 atom stereocenters. The fraction of sp³-hybridized carbons (Fsp3) is 0.429. The van der Waals surface area contributed by atoms with Crippen LogP contribution in [0.5, 0.6) is 5.75 Å². The Morgan fingerprint density at radius 2 is 1.61 bits per heavy atom. The number of carbonyl (C=O) groups is 2. The number of carbonyl (C=O) groups excluding carboxylic acids is 2. The molecule has 2 aromatic carbocycles. The first-order chi connectivity index (χ1) is 17.3. The molecule has 36 heavy (non-hydrogen) atoms. The second kappa shape index (κ2) is 10.4. The molecular formula is C28H33NO7. The molecule has 0 saturated carbocycles. The van der Waals surface area contributed by atoms with E-state index >= 15 is 0 Å². The highest BCUT2D eigenvalue weighted by Gasteiger charge is 2.72. The SMILES string of the molecule is COC(=O)C1(C(=O)OC)C[C@@H](/C=C/c2ccccc2)ON2O[C@H](C)C[C@@H](c3ccc(OC)cc3)[C@@]21C. The molecule has 8 nitrogen and oxygen atoms in total. The molecule has 8 heteroatoms. The zero-order valence-corrected chi connectivity index (χ0v) is 21.3. The van der Waals surface area contributed by atoms with Gasteiger partial charge in [0.2, 0.25) is 0 Å². The Bertz CT molecular complexity index is 1080. The van der Waals surface area contributed by atoms with Crippen molar-refractivity contribution in [1.82, 2.24) is 5.23 Å². The quantitative estimate of drug-likeness (QED) is 0.433. The van der Waals surface area contributed by atoms with Gasteiger partial charge in [-0.1, -0.05) is 59.8 Å². The van der Waals surface area contributed by atoms with E-state index in [0.717, 1.165) is 11.1 Å². The van der Waals surface area contributed by atoms with E-state index in [2.05, 4.69) is 0 Å². The Kier molecular flexibility index (Phi) is 7.49. The molecule has 192 valence electrons. The number of hydrogen-bond acceptors (Lipinski definition) is 8. The van der Waals surface area contributed by atoms with E-state index in [1.807, 2.05) is 73.7 Å². The Balaban J connectivity index is 1.84. The number of benzene rings is 2.